The van der Waals surface area contributed by atoms with Gasteiger partial charge in [-0.2, -0.15) is 0 Å². The van der Waals surface area contributed by atoms with Crippen LogP contribution in [0.15, 0.2) is 0 Å². The Bertz CT molecular complexity index is 123. The fourth-order valence-electron chi connectivity index (χ4n) is 0.403. The van der Waals surface area contributed by atoms with E-state index in [1.807, 2.05) is 0 Å². The first kappa shape index (κ1) is 10.4. The van der Waals surface area contributed by atoms with Crippen molar-refractivity contribution in [1.82, 2.24) is 0 Å². The van der Waals surface area contributed by atoms with E-state index in [1.54, 1.807) is 0 Å². The van der Waals surface area contributed by atoms with Crippen LogP contribution in [0.25, 0.3) is 0 Å². The molecule has 0 aromatic heterocycles. The lowest BCUT2D eigenvalue weighted by Crippen LogP contribution is -2.07. The van der Waals surface area contributed by atoms with Gasteiger partial charge in [-0.3, -0.25) is 9.05 Å². The van der Waals surface area contributed by atoms with Crippen molar-refractivity contribution in [3.05, 3.63) is 0 Å². The summed E-state index contributed by atoms with van der Waals surface area (Å²) in [7, 11) is -4.13. The summed E-state index contributed by atoms with van der Waals surface area (Å²) in [6.45, 7) is 0. The zero-order chi connectivity index (χ0) is 8.43. The molecule has 0 amide bonds. The highest BCUT2D eigenvalue weighted by Gasteiger charge is 2.35. The fraction of sp³-hybridized carbons (Fsp3) is 1.00. The van der Waals surface area contributed by atoms with E-state index in [-0.39, 0.29) is 0 Å². The Hall–Kier alpha value is 1.36. The van der Waals surface area contributed by atoms with Crippen LogP contribution in [0.3, 0.4) is 0 Å². The van der Waals surface area contributed by atoms with Gasteiger partial charge in [0, 0.05) is 0 Å². The van der Waals surface area contributed by atoms with Gasteiger partial charge in [0.05, 0.1) is 0 Å². The molecule has 1 aliphatic rings. The zero-order valence-corrected chi connectivity index (χ0v) is 8.64. The summed E-state index contributed by atoms with van der Waals surface area (Å²) in [5, 5.41) is 0. The third-order valence-corrected chi connectivity index (χ3v) is 4.01. The molecule has 2 atom stereocenters. The number of hydrogen-bond donors (Lipinski definition) is 4. The molecule has 5 nitrogen and oxygen atoms in total. The van der Waals surface area contributed by atoms with Gasteiger partial charge >= 0.3 is 17.2 Å². The Morgan fingerprint density at radius 3 is 2.09 bits per heavy atom. The molecule has 66 valence electrons. The van der Waals surface area contributed by atoms with Crippen LogP contribution in [0.1, 0.15) is 0 Å². The predicted octanol–water partition coefficient (Wildman–Crippen LogP) is 1.000. The molecule has 0 aliphatic carbocycles. The van der Waals surface area contributed by atoms with E-state index >= 15 is 0 Å². The Kier molecular flexibility index (Phi) is 4.32. The largest absolute Gasteiger partial charge is 0.342 e. The average molecular weight is 236 g/mol. The average Bonchev–Trinajstić information content (AvgIpc) is 2.10. The van der Waals surface area contributed by atoms with Crippen molar-refractivity contribution in [3.63, 3.8) is 0 Å². The lowest BCUT2D eigenvalue weighted by Gasteiger charge is -2.06. The van der Waals surface area contributed by atoms with Gasteiger partial charge in [-0.25, -0.2) is 4.31 Å². The van der Waals surface area contributed by atoms with Crippen molar-refractivity contribution in [3.8, 4) is 0 Å². The first-order chi connectivity index (χ1) is 5.09. The van der Waals surface area contributed by atoms with Crippen molar-refractivity contribution in [2.24, 2.45) is 0 Å². The molecule has 9 heteroatoms. The van der Waals surface area contributed by atoms with Gasteiger partial charge in [0.15, 0.2) is 0 Å². The Labute approximate surface area is 76.9 Å². The Morgan fingerprint density at radius 1 is 1.27 bits per heavy atom. The molecule has 0 bridgehead atoms. The first-order valence-electron chi connectivity index (χ1n) is 2.45. The Balaban J connectivity index is 2.29. The van der Waals surface area contributed by atoms with E-state index in [0.717, 1.165) is 0 Å². The van der Waals surface area contributed by atoms with Crippen LogP contribution in [0.4, 0.5) is 0 Å². The molecule has 1 aliphatic heterocycles. The monoisotopic (exact) mass is 236 g/mol. The van der Waals surface area contributed by atoms with Gasteiger partial charge in [0.1, 0.15) is 10.9 Å². The van der Waals surface area contributed by atoms with Crippen molar-refractivity contribution < 1.29 is 23.1 Å². The van der Waals surface area contributed by atoms with Crippen LogP contribution < -0.4 is 0 Å². The first-order valence-corrected chi connectivity index (χ1v) is 5.74. The molecule has 2 N–H and O–H groups in total. The maximum Gasteiger partial charge on any atom is 0.342 e. The van der Waals surface area contributed by atoms with Gasteiger partial charge in [0.25, 0.3) is 0 Å². The highest BCUT2D eigenvalue weighted by molar-refractivity contribution is 7.85. The normalized spacial score (nSPS) is 38.5. The van der Waals surface area contributed by atoms with E-state index in [1.165, 1.54) is 0 Å². The van der Waals surface area contributed by atoms with E-state index in [2.05, 4.69) is 29.6 Å². The second-order valence-corrected chi connectivity index (χ2v) is 4.60. The van der Waals surface area contributed by atoms with Crippen LogP contribution in [-0.2, 0) is 13.4 Å². The number of hydrogen-bond acceptors (Lipinski definition) is 7. The molecule has 1 saturated heterocycles. The van der Waals surface area contributed by atoms with Gasteiger partial charge < -0.3 is 9.79 Å². The molecule has 1 heterocycles. The molecule has 1 fully saturated rings. The van der Waals surface area contributed by atoms with Gasteiger partial charge in [0.2, 0.25) is 0 Å². The molecule has 1 rings (SSSR count). The van der Waals surface area contributed by atoms with E-state index in [4.69, 9.17) is 18.8 Å². The summed E-state index contributed by atoms with van der Waals surface area (Å²) in [4.78, 5) is 16.8. The SMILES string of the molecule is OP(O)OP1OC(S)C(S)O1. The minimum atomic E-state index is -2.44. The summed E-state index contributed by atoms with van der Waals surface area (Å²) in [6.07, 6.45) is 0. The van der Waals surface area contributed by atoms with Gasteiger partial charge in [-0.1, -0.05) is 0 Å². The summed E-state index contributed by atoms with van der Waals surface area (Å²) in [5.41, 5.74) is -0.973. The van der Waals surface area contributed by atoms with Gasteiger partial charge in [-0.15, -0.1) is 25.3 Å². The van der Waals surface area contributed by atoms with Crippen molar-refractivity contribution >= 4 is 42.5 Å². The van der Waals surface area contributed by atoms with E-state index in [0.29, 0.717) is 0 Å². The number of thiol groups is 2. The fourth-order valence-corrected chi connectivity index (χ4v) is 2.59. The predicted molar refractivity (Wildman–Crippen MR) is 47.1 cm³/mol. The van der Waals surface area contributed by atoms with Crippen molar-refractivity contribution in [2.45, 2.75) is 10.9 Å². The summed E-state index contributed by atoms with van der Waals surface area (Å²) in [6, 6.07) is 0. The van der Waals surface area contributed by atoms with Crippen LogP contribution in [0, 0.1) is 0 Å². The third-order valence-electron chi connectivity index (χ3n) is 0.772. The molecular weight excluding hydrogens is 230 g/mol. The minimum Gasteiger partial charge on any atom is -0.328 e. The molecule has 0 spiro atoms. The summed E-state index contributed by atoms with van der Waals surface area (Å²) in [5.74, 6) is 0. The van der Waals surface area contributed by atoms with Crippen LogP contribution in [0.5, 0.6) is 0 Å². The lowest BCUT2D eigenvalue weighted by molar-refractivity contribution is 0.308. The van der Waals surface area contributed by atoms with Crippen LogP contribution >= 0.6 is 42.5 Å². The van der Waals surface area contributed by atoms with E-state index in [9.17, 15) is 0 Å². The third kappa shape index (κ3) is 3.30. The summed E-state index contributed by atoms with van der Waals surface area (Å²) < 4.78 is 14.2. The standard InChI is InChI=1S/C2H6O5P2S2/c3-8(4)7-9-5-1(10)2(11)6-9/h1-4,10-11H. The molecule has 2 unspecified atom stereocenters. The van der Waals surface area contributed by atoms with Crippen molar-refractivity contribution in [2.75, 3.05) is 0 Å². The molecule has 0 aromatic carbocycles. The summed E-state index contributed by atoms with van der Waals surface area (Å²) >= 11 is 7.85. The minimum absolute atomic E-state index is 0.487. The zero-order valence-electron chi connectivity index (χ0n) is 5.06. The molecule has 0 saturated carbocycles. The number of rotatable bonds is 2. The molecule has 0 aromatic rings. The molecule has 11 heavy (non-hydrogen) atoms. The quantitative estimate of drug-likeness (QED) is 0.425. The Morgan fingerprint density at radius 2 is 1.73 bits per heavy atom. The van der Waals surface area contributed by atoms with Crippen LogP contribution in [-0.4, -0.2) is 20.7 Å². The molecular formula is C2H6O5P2S2. The highest BCUT2D eigenvalue weighted by Crippen LogP contribution is 2.57. The maximum absolute atomic E-state index is 8.39. The maximum atomic E-state index is 8.39. The van der Waals surface area contributed by atoms with Gasteiger partial charge in [-0.05, 0) is 0 Å². The van der Waals surface area contributed by atoms with Crippen molar-refractivity contribution in [1.29, 1.82) is 0 Å². The van der Waals surface area contributed by atoms with E-state index < -0.39 is 28.1 Å². The highest BCUT2D eigenvalue weighted by atomic mass is 32.1. The smallest absolute Gasteiger partial charge is 0.328 e. The second-order valence-electron chi connectivity index (χ2n) is 1.55. The molecule has 0 radical (unpaired) electrons. The second kappa shape index (κ2) is 4.56. The topological polar surface area (TPSA) is 68.2 Å². The van der Waals surface area contributed by atoms with Crippen LogP contribution in [0.2, 0.25) is 0 Å². The lowest BCUT2D eigenvalue weighted by atomic mass is 10.8.